The van der Waals surface area contributed by atoms with Crippen LogP contribution in [0.2, 0.25) is 0 Å². The van der Waals surface area contributed by atoms with Crippen LogP contribution >= 0.6 is 0 Å². The van der Waals surface area contributed by atoms with Crippen LogP contribution in [0.5, 0.6) is 0 Å². The molecule has 2 bridgehead atoms. The van der Waals surface area contributed by atoms with Gasteiger partial charge in [0.25, 0.3) is 0 Å². The number of rotatable bonds is 1. The van der Waals surface area contributed by atoms with E-state index in [1.807, 2.05) is 7.11 Å². The van der Waals surface area contributed by atoms with Crippen LogP contribution in [0.15, 0.2) is 0 Å². The van der Waals surface area contributed by atoms with E-state index in [9.17, 15) is 0 Å². The summed E-state index contributed by atoms with van der Waals surface area (Å²) in [5.74, 6) is 1.84. The van der Waals surface area contributed by atoms with E-state index in [0.29, 0.717) is 6.10 Å². The molecule has 0 spiro atoms. The van der Waals surface area contributed by atoms with Crippen LogP contribution in [-0.2, 0) is 4.74 Å². The molecular formula is C9H16O. The van der Waals surface area contributed by atoms with Crippen LogP contribution in [0.25, 0.3) is 0 Å². The maximum absolute atomic E-state index is 5.48. The Hall–Kier alpha value is -0.0400. The number of hydrogen-bond acceptors (Lipinski definition) is 1. The fraction of sp³-hybridized carbons (Fsp3) is 1.00. The highest BCUT2D eigenvalue weighted by Gasteiger charge is 2.38. The van der Waals surface area contributed by atoms with E-state index in [4.69, 9.17) is 4.74 Å². The second-order valence-electron chi connectivity index (χ2n) is 3.73. The molecule has 2 unspecified atom stereocenters. The minimum atomic E-state index is 0.633. The molecule has 0 aromatic heterocycles. The van der Waals surface area contributed by atoms with Gasteiger partial charge in [0.15, 0.2) is 0 Å². The zero-order valence-corrected chi connectivity index (χ0v) is 6.68. The third kappa shape index (κ3) is 0.878. The van der Waals surface area contributed by atoms with Crippen molar-refractivity contribution in [1.82, 2.24) is 0 Å². The van der Waals surface area contributed by atoms with Crippen molar-refractivity contribution < 1.29 is 4.74 Å². The number of fused-ring (bicyclic) bond motifs is 2. The van der Waals surface area contributed by atoms with Crippen LogP contribution in [0.4, 0.5) is 0 Å². The average molecular weight is 140 g/mol. The van der Waals surface area contributed by atoms with Gasteiger partial charge in [0.2, 0.25) is 0 Å². The van der Waals surface area contributed by atoms with E-state index in [2.05, 4.69) is 0 Å². The molecule has 0 aliphatic heterocycles. The average Bonchev–Trinajstić information content (AvgIpc) is 2.19. The van der Waals surface area contributed by atoms with E-state index in [1.54, 1.807) is 0 Å². The van der Waals surface area contributed by atoms with E-state index >= 15 is 0 Å². The molecular weight excluding hydrogens is 124 g/mol. The number of ether oxygens (including phenoxy) is 1. The fourth-order valence-electron chi connectivity index (χ4n) is 2.79. The van der Waals surface area contributed by atoms with Gasteiger partial charge in [-0.15, -0.1) is 0 Å². The van der Waals surface area contributed by atoms with Crippen molar-refractivity contribution in [3.8, 4) is 0 Å². The summed E-state index contributed by atoms with van der Waals surface area (Å²) in [6.07, 6.45) is 7.81. The highest BCUT2D eigenvalue weighted by atomic mass is 16.5. The van der Waals surface area contributed by atoms with Gasteiger partial charge in [0.05, 0.1) is 6.10 Å². The molecule has 2 fully saturated rings. The van der Waals surface area contributed by atoms with Crippen LogP contribution < -0.4 is 0 Å². The predicted molar refractivity (Wildman–Crippen MR) is 40.9 cm³/mol. The van der Waals surface area contributed by atoms with E-state index in [1.165, 1.54) is 32.1 Å². The van der Waals surface area contributed by atoms with Crippen molar-refractivity contribution in [3.63, 3.8) is 0 Å². The quantitative estimate of drug-likeness (QED) is 0.542. The molecule has 1 nitrogen and oxygen atoms in total. The van der Waals surface area contributed by atoms with Gasteiger partial charge in [-0.25, -0.2) is 0 Å². The van der Waals surface area contributed by atoms with Gasteiger partial charge in [-0.1, -0.05) is 6.42 Å². The summed E-state index contributed by atoms with van der Waals surface area (Å²) in [6, 6.07) is 0. The summed E-state index contributed by atoms with van der Waals surface area (Å²) in [5, 5.41) is 0. The topological polar surface area (TPSA) is 9.23 Å². The Kier molecular flexibility index (Phi) is 1.69. The Morgan fingerprint density at radius 3 is 2.00 bits per heavy atom. The Balaban J connectivity index is 2.06. The molecule has 2 rings (SSSR count). The molecule has 0 heterocycles. The first-order valence-corrected chi connectivity index (χ1v) is 4.44. The highest BCUT2D eigenvalue weighted by Crippen LogP contribution is 2.43. The lowest BCUT2D eigenvalue weighted by atomic mass is 9.86. The summed E-state index contributed by atoms with van der Waals surface area (Å²) in [7, 11) is 1.88. The van der Waals surface area contributed by atoms with Crippen LogP contribution in [-0.4, -0.2) is 13.2 Å². The summed E-state index contributed by atoms with van der Waals surface area (Å²) in [5.41, 5.74) is 0. The minimum Gasteiger partial charge on any atom is -0.381 e. The van der Waals surface area contributed by atoms with Gasteiger partial charge in [-0.2, -0.15) is 0 Å². The molecule has 0 aromatic carbocycles. The second kappa shape index (κ2) is 2.54. The summed E-state index contributed by atoms with van der Waals surface area (Å²) in [4.78, 5) is 0. The molecule has 1 heteroatoms. The molecule has 0 radical (unpaired) electrons. The molecule has 0 saturated heterocycles. The SMILES string of the molecule is COC1C2CCCC1CC2. The van der Waals surface area contributed by atoms with Gasteiger partial charge in [-0.3, -0.25) is 0 Å². The monoisotopic (exact) mass is 140 g/mol. The summed E-state index contributed by atoms with van der Waals surface area (Å²) >= 11 is 0. The largest absolute Gasteiger partial charge is 0.381 e. The van der Waals surface area contributed by atoms with Gasteiger partial charge < -0.3 is 4.74 Å². The van der Waals surface area contributed by atoms with Crippen LogP contribution in [0.3, 0.4) is 0 Å². The van der Waals surface area contributed by atoms with E-state index < -0.39 is 0 Å². The van der Waals surface area contributed by atoms with Gasteiger partial charge in [0, 0.05) is 7.11 Å². The lowest BCUT2D eigenvalue weighted by Gasteiger charge is -2.28. The maximum atomic E-state index is 5.48. The fourth-order valence-corrected chi connectivity index (χ4v) is 2.79. The minimum absolute atomic E-state index is 0.633. The molecule has 2 saturated carbocycles. The first-order chi connectivity index (χ1) is 4.92. The molecule has 2 aliphatic rings. The lowest BCUT2D eigenvalue weighted by molar-refractivity contribution is 0.0151. The molecule has 10 heavy (non-hydrogen) atoms. The predicted octanol–water partition coefficient (Wildman–Crippen LogP) is 2.21. The van der Waals surface area contributed by atoms with Gasteiger partial charge in [-0.05, 0) is 37.5 Å². The van der Waals surface area contributed by atoms with Crippen molar-refractivity contribution in [3.05, 3.63) is 0 Å². The van der Waals surface area contributed by atoms with E-state index in [0.717, 1.165) is 11.8 Å². The smallest absolute Gasteiger partial charge is 0.0627 e. The normalized spacial score (nSPS) is 45.9. The number of methoxy groups -OCH3 is 1. The highest BCUT2D eigenvalue weighted by molar-refractivity contribution is 4.89. The first-order valence-electron chi connectivity index (χ1n) is 4.44. The van der Waals surface area contributed by atoms with Gasteiger partial charge in [0.1, 0.15) is 0 Å². The molecule has 58 valence electrons. The zero-order valence-electron chi connectivity index (χ0n) is 6.68. The van der Waals surface area contributed by atoms with Crippen LogP contribution in [0, 0.1) is 11.8 Å². The van der Waals surface area contributed by atoms with Gasteiger partial charge >= 0.3 is 0 Å². The third-order valence-electron chi connectivity index (χ3n) is 3.26. The van der Waals surface area contributed by atoms with Crippen molar-refractivity contribution in [2.75, 3.05) is 7.11 Å². The van der Waals surface area contributed by atoms with Crippen molar-refractivity contribution in [1.29, 1.82) is 0 Å². The first kappa shape index (κ1) is 6.66. The van der Waals surface area contributed by atoms with Crippen molar-refractivity contribution in [2.45, 2.75) is 38.2 Å². The van der Waals surface area contributed by atoms with Crippen LogP contribution in [0.1, 0.15) is 32.1 Å². The lowest BCUT2D eigenvalue weighted by Crippen LogP contribution is -2.27. The Morgan fingerprint density at radius 1 is 1.00 bits per heavy atom. The zero-order chi connectivity index (χ0) is 6.97. The Bertz CT molecular complexity index is 106. The number of hydrogen-bond donors (Lipinski definition) is 0. The molecule has 0 N–H and O–H groups in total. The standard InChI is InChI=1S/C9H16O/c1-10-9-7-3-2-4-8(9)6-5-7/h7-9H,2-6H2,1H3. The van der Waals surface area contributed by atoms with E-state index in [-0.39, 0.29) is 0 Å². The van der Waals surface area contributed by atoms with Crippen molar-refractivity contribution >= 4 is 0 Å². The van der Waals surface area contributed by atoms with Crippen molar-refractivity contribution in [2.24, 2.45) is 11.8 Å². The molecule has 2 atom stereocenters. The summed E-state index contributed by atoms with van der Waals surface area (Å²) < 4.78 is 5.48. The summed E-state index contributed by atoms with van der Waals surface area (Å²) in [6.45, 7) is 0. The molecule has 2 aliphatic carbocycles. The maximum Gasteiger partial charge on any atom is 0.0627 e. The molecule has 0 amide bonds. The second-order valence-corrected chi connectivity index (χ2v) is 3.73. The Labute approximate surface area is 62.8 Å². The Morgan fingerprint density at radius 2 is 1.60 bits per heavy atom. The third-order valence-corrected chi connectivity index (χ3v) is 3.26. The molecule has 0 aromatic rings.